The molecule has 1 aromatic heterocycles. The number of nitrogens with one attached hydrogen (secondary N) is 1. The number of aryl methyl sites for hydroxylation is 1. The van der Waals surface area contributed by atoms with Crippen LogP contribution in [0, 0.1) is 6.92 Å². The van der Waals surface area contributed by atoms with Crippen LogP contribution in [0.4, 0.5) is 0 Å². The number of hydrogen-bond acceptors (Lipinski definition) is 3. The van der Waals surface area contributed by atoms with E-state index in [0.717, 1.165) is 17.5 Å². The third-order valence-corrected chi connectivity index (χ3v) is 3.31. The molecule has 3 nitrogen and oxygen atoms in total. The van der Waals surface area contributed by atoms with Gasteiger partial charge >= 0.3 is 0 Å². The highest BCUT2D eigenvalue weighted by molar-refractivity contribution is 5.85. The van der Waals surface area contributed by atoms with Crippen LogP contribution < -0.4 is 5.32 Å². The van der Waals surface area contributed by atoms with Gasteiger partial charge < -0.3 is 9.84 Å². The van der Waals surface area contributed by atoms with Crippen LogP contribution in [0.1, 0.15) is 36.6 Å². The monoisotopic (exact) mass is 214 g/mol. The van der Waals surface area contributed by atoms with Gasteiger partial charge in [0.1, 0.15) is 5.76 Å². The summed E-state index contributed by atoms with van der Waals surface area (Å²) in [4.78, 5) is 0. The molecule has 2 fully saturated rings. The lowest BCUT2D eigenvalue weighted by Crippen LogP contribution is -2.21. The van der Waals surface area contributed by atoms with Gasteiger partial charge in [0, 0.05) is 24.1 Å². The van der Waals surface area contributed by atoms with Crippen LogP contribution in [0.3, 0.4) is 0 Å². The minimum atomic E-state index is 0. The second kappa shape index (κ2) is 3.55. The Morgan fingerprint density at radius 3 is 2.86 bits per heavy atom. The van der Waals surface area contributed by atoms with E-state index in [1.54, 1.807) is 0 Å². The maximum Gasteiger partial charge on any atom is 0.141 e. The standard InChI is InChI=1S/C10H14N2O.ClH/c1-6-4-10(13-12-6)8-5-7-2-3-9(8)11-7;/h4,7-9,11H,2-3,5H2,1H3;1H/t7-,8-,9+;/m0./s1. The van der Waals surface area contributed by atoms with Gasteiger partial charge in [-0.05, 0) is 26.2 Å². The molecule has 3 heterocycles. The van der Waals surface area contributed by atoms with Crippen LogP contribution in [-0.4, -0.2) is 17.2 Å². The Bertz CT molecular complexity index is 326. The molecule has 0 aromatic carbocycles. The third-order valence-electron chi connectivity index (χ3n) is 3.31. The number of halogens is 1. The first-order chi connectivity index (χ1) is 6.33. The Kier molecular flexibility index (Phi) is 2.54. The summed E-state index contributed by atoms with van der Waals surface area (Å²) in [6.45, 7) is 1.98. The summed E-state index contributed by atoms with van der Waals surface area (Å²) in [5.74, 6) is 1.66. The SMILES string of the molecule is Cc1cc([C@H]2C[C@@H]3CC[C@H]2N3)on1.Cl. The summed E-state index contributed by atoms with van der Waals surface area (Å²) in [7, 11) is 0. The smallest absolute Gasteiger partial charge is 0.141 e. The lowest BCUT2D eigenvalue weighted by molar-refractivity contribution is 0.334. The molecular formula is C10H15ClN2O. The van der Waals surface area contributed by atoms with E-state index >= 15 is 0 Å². The molecule has 0 spiro atoms. The second-order valence-electron chi connectivity index (χ2n) is 4.26. The van der Waals surface area contributed by atoms with Gasteiger partial charge in [-0.3, -0.25) is 0 Å². The van der Waals surface area contributed by atoms with Gasteiger partial charge in [0.2, 0.25) is 0 Å². The first kappa shape index (κ1) is 9.99. The number of hydrogen-bond donors (Lipinski definition) is 1. The molecule has 2 bridgehead atoms. The van der Waals surface area contributed by atoms with Crippen LogP contribution in [0.5, 0.6) is 0 Å². The first-order valence-electron chi connectivity index (χ1n) is 5.02. The molecule has 0 aliphatic carbocycles. The summed E-state index contributed by atoms with van der Waals surface area (Å²) < 4.78 is 5.31. The van der Waals surface area contributed by atoms with Gasteiger partial charge in [-0.1, -0.05) is 5.16 Å². The zero-order valence-corrected chi connectivity index (χ0v) is 9.01. The zero-order chi connectivity index (χ0) is 8.84. The lowest BCUT2D eigenvalue weighted by Gasteiger charge is -2.16. The molecule has 0 radical (unpaired) electrons. The van der Waals surface area contributed by atoms with Gasteiger partial charge in [-0.15, -0.1) is 12.4 Å². The third kappa shape index (κ3) is 1.44. The van der Waals surface area contributed by atoms with Gasteiger partial charge in [0.15, 0.2) is 0 Å². The van der Waals surface area contributed by atoms with E-state index in [-0.39, 0.29) is 12.4 Å². The molecule has 2 saturated heterocycles. The van der Waals surface area contributed by atoms with Crippen LogP contribution in [0.2, 0.25) is 0 Å². The molecule has 3 atom stereocenters. The van der Waals surface area contributed by atoms with E-state index in [4.69, 9.17) is 4.52 Å². The summed E-state index contributed by atoms with van der Waals surface area (Å²) in [6, 6.07) is 3.46. The normalized spacial score (nSPS) is 34.5. The maximum absolute atomic E-state index is 5.31. The highest BCUT2D eigenvalue weighted by Crippen LogP contribution is 2.39. The fourth-order valence-electron chi connectivity index (χ4n) is 2.70. The molecule has 78 valence electrons. The van der Waals surface area contributed by atoms with Crippen LogP contribution in [0.15, 0.2) is 10.6 Å². The van der Waals surface area contributed by atoms with Crippen molar-refractivity contribution in [3.05, 3.63) is 17.5 Å². The fraction of sp³-hybridized carbons (Fsp3) is 0.700. The maximum atomic E-state index is 5.31. The van der Waals surface area contributed by atoms with E-state index in [1.807, 2.05) is 6.92 Å². The minimum Gasteiger partial charge on any atom is -0.361 e. The second-order valence-corrected chi connectivity index (χ2v) is 4.26. The van der Waals surface area contributed by atoms with Crippen LogP contribution in [-0.2, 0) is 0 Å². The Morgan fingerprint density at radius 1 is 1.50 bits per heavy atom. The fourth-order valence-corrected chi connectivity index (χ4v) is 2.70. The summed E-state index contributed by atoms with van der Waals surface area (Å²) >= 11 is 0. The molecule has 0 saturated carbocycles. The van der Waals surface area contributed by atoms with Crippen molar-refractivity contribution >= 4 is 12.4 Å². The van der Waals surface area contributed by atoms with E-state index in [1.165, 1.54) is 19.3 Å². The van der Waals surface area contributed by atoms with Crippen molar-refractivity contribution in [2.75, 3.05) is 0 Å². The molecule has 2 aliphatic rings. The predicted octanol–water partition coefficient (Wildman–Crippen LogP) is 2.01. The average molecular weight is 215 g/mol. The number of fused-ring (bicyclic) bond motifs is 2. The van der Waals surface area contributed by atoms with Crippen LogP contribution in [0.25, 0.3) is 0 Å². The van der Waals surface area contributed by atoms with Crippen molar-refractivity contribution in [3.8, 4) is 0 Å². The molecule has 0 amide bonds. The van der Waals surface area contributed by atoms with Gasteiger partial charge in [-0.25, -0.2) is 0 Å². The lowest BCUT2D eigenvalue weighted by atomic mass is 9.87. The molecule has 14 heavy (non-hydrogen) atoms. The van der Waals surface area contributed by atoms with Gasteiger partial charge in [0.05, 0.1) is 5.69 Å². The zero-order valence-electron chi connectivity index (χ0n) is 8.19. The molecule has 0 unspecified atom stereocenters. The molecular weight excluding hydrogens is 200 g/mol. The Morgan fingerprint density at radius 2 is 2.36 bits per heavy atom. The van der Waals surface area contributed by atoms with Crippen LogP contribution >= 0.6 is 12.4 Å². The van der Waals surface area contributed by atoms with Crippen molar-refractivity contribution in [1.29, 1.82) is 0 Å². The first-order valence-corrected chi connectivity index (χ1v) is 5.02. The molecule has 1 aromatic rings. The van der Waals surface area contributed by atoms with Crippen molar-refractivity contribution in [2.45, 2.75) is 44.2 Å². The Balaban J connectivity index is 0.000000750. The predicted molar refractivity (Wildman–Crippen MR) is 55.8 cm³/mol. The molecule has 2 aliphatic heterocycles. The number of aromatic nitrogens is 1. The largest absolute Gasteiger partial charge is 0.361 e. The van der Waals surface area contributed by atoms with Crippen molar-refractivity contribution in [1.82, 2.24) is 10.5 Å². The van der Waals surface area contributed by atoms with E-state index < -0.39 is 0 Å². The highest BCUT2D eigenvalue weighted by Gasteiger charge is 2.41. The van der Waals surface area contributed by atoms with Crippen molar-refractivity contribution in [2.24, 2.45) is 0 Å². The molecule has 1 N–H and O–H groups in total. The molecule has 3 rings (SSSR count). The average Bonchev–Trinajstić information content (AvgIpc) is 2.77. The minimum absolute atomic E-state index is 0. The quantitative estimate of drug-likeness (QED) is 0.777. The topological polar surface area (TPSA) is 38.1 Å². The van der Waals surface area contributed by atoms with E-state index in [2.05, 4.69) is 16.5 Å². The Hall–Kier alpha value is -0.540. The number of rotatable bonds is 1. The van der Waals surface area contributed by atoms with Gasteiger partial charge in [-0.2, -0.15) is 0 Å². The summed E-state index contributed by atoms with van der Waals surface area (Å²) in [5.41, 5.74) is 0.998. The van der Waals surface area contributed by atoms with E-state index in [0.29, 0.717) is 12.0 Å². The highest BCUT2D eigenvalue weighted by atomic mass is 35.5. The molecule has 4 heteroatoms. The van der Waals surface area contributed by atoms with Crippen molar-refractivity contribution < 1.29 is 4.52 Å². The summed E-state index contributed by atoms with van der Waals surface area (Å²) in [5, 5.41) is 7.54. The number of nitrogens with zero attached hydrogens (tertiary/aromatic N) is 1. The Labute approximate surface area is 89.6 Å². The van der Waals surface area contributed by atoms with Crippen molar-refractivity contribution in [3.63, 3.8) is 0 Å². The van der Waals surface area contributed by atoms with Gasteiger partial charge in [0.25, 0.3) is 0 Å². The van der Waals surface area contributed by atoms with E-state index in [9.17, 15) is 0 Å². The summed E-state index contributed by atoms with van der Waals surface area (Å²) in [6.07, 6.45) is 3.88.